The molecule has 0 fully saturated rings. The molecule has 156 valence electrons. The van der Waals surface area contributed by atoms with Gasteiger partial charge in [-0.1, -0.05) is 91.0 Å². The number of esters is 1. The van der Waals surface area contributed by atoms with Crippen LogP contribution in [-0.2, 0) is 29.0 Å². The summed E-state index contributed by atoms with van der Waals surface area (Å²) >= 11 is 0. The number of rotatable bonds is 10. The minimum absolute atomic E-state index is 0.0209. The summed E-state index contributed by atoms with van der Waals surface area (Å²) < 4.78 is 5.16. The molecule has 1 N–H and O–H groups in total. The molecule has 1 unspecified atom stereocenters. The zero-order valence-electron chi connectivity index (χ0n) is 17.4. The van der Waals surface area contributed by atoms with E-state index in [1.54, 1.807) is 0 Å². The van der Waals surface area contributed by atoms with Gasteiger partial charge in [0.2, 0.25) is 0 Å². The van der Waals surface area contributed by atoms with Gasteiger partial charge in [-0.2, -0.15) is 0 Å². The number of nitrogens with zero attached hydrogens (tertiary/aromatic N) is 1. The van der Waals surface area contributed by atoms with Crippen molar-refractivity contribution in [2.45, 2.75) is 38.6 Å². The van der Waals surface area contributed by atoms with E-state index in [0.717, 1.165) is 5.56 Å². The van der Waals surface area contributed by atoms with E-state index in [1.165, 1.54) is 18.1 Å². The second-order valence-electron chi connectivity index (χ2n) is 7.50. The molecule has 0 aliphatic carbocycles. The van der Waals surface area contributed by atoms with Crippen LogP contribution in [0.5, 0.6) is 0 Å². The molecule has 0 bridgehead atoms. The quantitative estimate of drug-likeness (QED) is 0.515. The van der Waals surface area contributed by atoms with Crippen LogP contribution in [0.2, 0.25) is 0 Å². The Morgan fingerprint density at radius 3 is 1.67 bits per heavy atom. The Morgan fingerprint density at radius 1 is 0.800 bits per heavy atom. The van der Waals surface area contributed by atoms with Crippen molar-refractivity contribution in [3.8, 4) is 0 Å². The lowest BCUT2D eigenvalue weighted by molar-refractivity contribution is -0.145. The zero-order chi connectivity index (χ0) is 21.2. The van der Waals surface area contributed by atoms with E-state index in [0.29, 0.717) is 19.5 Å². The molecule has 0 saturated carbocycles. The van der Waals surface area contributed by atoms with Crippen LogP contribution in [0.3, 0.4) is 0 Å². The van der Waals surface area contributed by atoms with Crippen molar-refractivity contribution in [3.63, 3.8) is 0 Å². The average molecular weight is 404 g/mol. The predicted molar refractivity (Wildman–Crippen MR) is 119 cm³/mol. The maximum absolute atomic E-state index is 11.3. The minimum Gasteiger partial charge on any atom is -0.463 e. The number of aliphatic hydroxyl groups excluding tert-OH is 1. The summed E-state index contributed by atoms with van der Waals surface area (Å²) in [5.74, 6) is -0.384. The number of hydrogen-bond acceptors (Lipinski definition) is 4. The third-order valence-electron chi connectivity index (χ3n) is 5.12. The third kappa shape index (κ3) is 6.83. The fourth-order valence-electron chi connectivity index (χ4n) is 3.60. The smallest absolute Gasteiger partial charge is 0.302 e. The highest BCUT2D eigenvalue weighted by Crippen LogP contribution is 2.20. The molecule has 2 atom stereocenters. The van der Waals surface area contributed by atoms with Crippen molar-refractivity contribution in [1.29, 1.82) is 0 Å². The summed E-state index contributed by atoms with van der Waals surface area (Å²) in [7, 11) is 0. The molecule has 4 nitrogen and oxygen atoms in total. The molecular weight excluding hydrogens is 374 g/mol. The molecule has 0 spiro atoms. The third-order valence-corrected chi connectivity index (χ3v) is 5.12. The van der Waals surface area contributed by atoms with Gasteiger partial charge in [-0.25, -0.2) is 0 Å². The molecule has 3 aromatic rings. The van der Waals surface area contributed by atoms with Crippen LogP contribution in [0.25, 0.3) is 0 Å². The first-order valence-electron chi connectivity index (χ1n) is 10.3. The number of benzene rings is 3. The standard InChI is InChI=1S/C26H29NO3/c1-21(28)30-20-26(29)25(17-22-11-5-2-6-12-22)27(18-23-13-7-3-8-14-23)19-24-15-9-4-10-16-24/h2-16,25-26,29H,17-20H2,1H3/t25-,26?/m0/s1. The van der Waals surface area contributed by atoms with Gasteiger partial charge >= 0.3 is 5.97 Å². The average Bonchev–Trinajstić information content (AvgIpc) is 2.77. The molecule has 0 aliphatic rings. The van der Waals surface area contributed by atoms with Crippen molar-refractivity contribution in [1.82, 2.24) is 4.90 Å². The highest BCUT2D eigenvalue weighted by molar-refractivity contribution is 5.65. The second kappa shape index (κ2) is 11.3. The van der Waals surface area contributed by atoms with Gasteiger partial charge in [-0.05, 0) is 23.1 Å². The Hall–Kier alpha value is -2.95. The molecule has 3 aromatic carbocycles. The van der Waals surface area contributed by atoms with Crippen LogP contribution < -0.4 is 0 Å². The first-order valence-corrected chi connectivity index (χ1v) is 10.3. The second-order valence-corrected chi connectivity index (χ2v) is 7.50. The highest BCUT2D eigenvalue weighted by atomic mass is 16.5. The molecule has 0 amide bonds. The summed E-state index contributed by atoms with van der Waals surface area (Å²) in [4.78, 5) is 13.6. The van der Waals surface area contributed by atoms with Gasteiger partial charge < -0.3 is 9.84 Å². The molecule has 0 saturated heterocycles. The number of ether oxygens (including phenoxy) is 1. The molecule has 0 aromatic heterocycles. The Bertz CT molecular complexity index is 842. The Morgan fingerprint density at radius 2 is 1.23 bits per heavy atom. The van der Waals surface area contributed by atoms with Gasteiger partial charge in [0.15, 0.2) is 0 Å². The van der Waals surface area contributed by atoms with Gasteiger partial charge in [0.1, 0.15) is 12.7 Å². The van der Waals surface area contributed by atoms with Crippen LogP contribution in [-0.4, -0.2) is 34.7 Å². The van der Waals surface area contributed by atoms with Crippen molar-refractivity contribution < 1.29 is 14.6 Å². The lowest BCUT2D eigenvalue weighted by atomic mass is 9.98. The summed E-state index contributed by atoms with van der Waals surface area (Å²) in [5, 5.41) is 11.0. The maximum atomic E-state index is 11.3. The van der Waals surface area contributed by atoms with Crippen molar-refractivity contribution in [3.05, 3.63) is 108 Å². The summed E-state index contributed by atoms with van der Waals surface area (Å²) in [6, 6.07) is 30.4. The lowest BCUT2D eigenvalue weighted by Gasteiger charge is -2.35. The van der Waals surface area contributed by atoms with E-state index in [9.17, 15) is 9.90 Å². The molecule has 4 heteroatoms. The van der Waals surface area contributed by atoms with Gasteiger partial charge in [-0.15, -0.1) is 0 Å². The summed E-state index contributed by atoms with van der Waals surface area (Å²) in [6.45, 7) is 2.71. The number of aliphatic hydroxyl groups is 1. The molecule has 30 heavy (non-hydrogen) atoms. The Kier molecular flexibility index (Phi) is 8.19. The Balaban J connectivity index is 1.89. The largest absolute Gasteiger partial charge is 0.463 e. The SMILES string of the molecule is CC(=O)OCC(O)[C@H](Cc1ccccc1)N(Cc1ccccc1)Cc1ccccc1. The predicted octanol–water partition coefficient (Wildman–Crippen LogP) is 4.22. The molecule has 0 radical (unpaired) electrons. The summed E-state index contributed by atoms with van der Waals surface area (Å²) in [6.07, 6.45) is -0.148. The van der Waals surface area contributed by atoms with Crippen LogP contribution in [0, 0.1) is 0 Å². The Labute approximate surface area is 178 Å². The van der Waals surface area contributed by atoms with E-state index in [2.05, 4.69) is 41.3 Å². The lowest BCUT2D eigenvalue weighted by Crippen LogP contribution is -2.46. The van der Waals surface area contributed by atoms with E-state index in [4.69, 9.17) is 4.74 Å². The monoisotopic (exact) mass is 403 g/mol. The van der Waals surface area contributed by atoms with E-state index < -0.39 is 6.10 Å². The fraction of sp³-hybridized carbons (Fsp3) is 0.269. The van der Waals surface area contributed by atoms with Gasteiger partial charge in [-0.3, -0.25) is 9.69 Å². The number of hydrogen-bond donors (Lipinski definition) is 1. The van der Waals surface area contributed by atoms with Gasteiger partial charge in [0, 0.05) is 26.1 Å². The van der Waals surface area contributed by atoms with E-state index in [-0.39, 0.29) is 18.6 Å². The number of carbonyl (C=O) groups is 1. The fourth-order valence-corrected chi connectivity index (χ4v) is 3.60. The first-order chi connectivity index (χ1) is 14.6. The zero-order valence-corrected chi connectivity index (χ0v) is 17.4. The van der Waals surface area contributed by atoms with Crippen molar-refractivity contribution >= 4 is 5.97 Å². The normalized spacial score (nSPS) is 13.0. The van der Waals surface area contributed by atoms with Gasteiger partial charge in [0.05, 0.1) is 0 Å². The van der Waals surface area contributed by atoms with E-state index in [1.807, 2.05) is 54.6 Å². The topological polar surface area (TPSA) is 49.8 Å². The number of carbonyl (C=O) groups excluding carboxylic acids is 1. The van der Waals surface area contributed by atoms with Crippen molar-refractivity contribution in [2.24, 2.45) is 0 Å². The molecule has 0 aliphatic heterocycles. The molecular formula is C26H29NO3. The van der Waals surface area contributed by atoms with Gasteiger partial charge in [0.25, 0.3) is 0 Å². The highest BCUT2D eigenvalue weighted by Gasteiger charge is 2.28. The molecule has 3 rings (SSSR count). The van der Waals surface area contributed by atoms with E-state index >= 15 is 0 Å². The van der Waals surface area contributed by atoms with Crippen LogP contribution in [0.4, 0.5) is 0 Å². The molecule has 0 heterocycles. The minimum atomic E-state index is -0.804. The van der Waals surface area contributed by atoms with Crippen molar-refractivity contribution in [2.75, 3.05) is 6.61 Å². The van der Waals surface area contributed by atoms with Crippen LogP contribution >= 0.6 is 0 Å². The summed E-state index contributed by atoms with van der Waals surface area (Å²) in [5.41, 5.74) is 3.48. The van der Waals surface area contributed by atoms with Crippen LogP contribution in [0.15, 0.2) is 91.0 Å². The maximum Gasteiger partial charge on any atom is 0.302 e. The first kappa shape index (κ1) is 21.8. The van der Waals surface area contributed by atoms with Crippen LogP contribution in [0.1, 0.15) is 23.6 Å².